The lowest BCUT2D eigenvalue weighted by molar-refractivity contribution is -0.115. The summed E-state index contributed by atoms with van der Waals surface area (Å²) in [6.07, 6.45) is 0. The molecule has 0 heterocycles. The Labute approximate surface area is 107 Å². The second kappa shape index (κ2) is 6.67. The monoisotopic (exact) mass is 253 g/mol. The van der Waals surface area contributed by atoms with Crippen LogP contribution in [0.5, 0.6) is 0 Å². The highest BCUT2D eigenvalue weighted by Gasteiger charge is 2.13. The smallest absolute Gasteiger partial charge is 0.237 e. The first kappa shape index (κ1) is 14.1. The van der Waals surface area contributed by atoms with Gasteiger partial charge in [0.25, 0.3) is 0 Å². The molecule has 0 aliphatic heterocycles. The summed E-state index contributed by atoms with van der Waals surface area (Å²) < 4.78 is 0. The number of amides is 1. The van der Waals surface area contributed by atoms with Gasteiger partial charge in [0.1, 0.15) is 0 Å². The predicted molar refractivity (Wildman–Crippen MR) is 73.6 cm³/mol. The van der Waals surface area contributed by atoms with Crippen molar-refractivity contribution in [3.8, 4) is 0 Å². The molecule has 0 unspecified atom stereocenters. The fraction of sp³-hybridized carbons (Fsp3) is 0.462. The van der Waals surface area contributed by atoms with E-state index in [-0.39, 0.29) is 17.8 Å². The van der Waals surface area contributed by atoms with Gasteiger partial charge in [0.15, 0.2) is 0 Å². The maximum absolute atomic E-state index is 11.9. The lowest BCUT2D eigenvalue weighted by atomic mass is 10.1. The Morgan fingerprint density at radius 1 is 1.47 bits per heavy atom. The molecule has 3 nitrogen and oxygen atoms in total. The van der Waals surface area contributed by atoms with E-state index in [1.165, 1.54) is 11.8 Å². The number of hydrogen-bond acceptors (Lipinski definition) is 3. The molecule has 0 saturated heterocycles. The number of aliphatic hydroxyl groups is 1. The van der Waals surface area contributed by atoms with Gasteiger partial charge in [-0.1, -0.05) is 12.1 Å². The van der Waals surface area contributed by atoms with E-state index in [2.05, 4.69) is 5.32 Å². The topological polar surface area (TPSA) is 49.3 Å². The van der Waals surface area contributed by atoms with Crippen LogP contribution in [-0.2, 0) is 4.79 Å². The number of carbonyl (C=O) groups excluding carboxylic acids is 1. The number of aliphatic hydroxyl groups excluding tert-OH is 1. The minimum Gasteiger partial charge on any atom is -0.396 e. The Kier molecular flexibility index (Phi) is 5.51. The third kappa shape index (κ3) is 4.40. The molecule has 4 heteroatoms. The van der Waals surface area contributed by atoms with Crippen LogP contribution in [0.25, 0.3) is 0 Å². The number of anilines is 1. The highest BCUT2D eigenvalue weighted by atomic mass is 32.2. The molecule has 94 valence electrons. The molecule has 2 N–H and O–H groups in total. The Bertz CT molecular complexity index is 393. The van der Waals surface area contributed by atoms with E-state index in [9.17, 15) is 4.79 Å². The van der Waals surface area contributed by atoms with E-state index >= 15 is 0 Å². The molecule has 1 aromatic carbocycles. The maximum Gasteiger partial charge on any atom is 0.237 e. The summed E-state index contributed by atoms with van der Waals surface area (Å²) in [4.78, 5) is 11.9. The lowest BCUT2D eigenvalue weighted by Gasteiger charge is -2.13. The second-order valence-corrected chi connectivity index (χ2v) is 5.49. The van der Waals surface area contributed by atoms with Crippen LogP contribution >= 0.6 is 11.8 Å². The van der Waals surface area contributed by atoms with Crippen molar-refractivity contribution in [2.45, 2.75) is 26.0 Å². The summed E-state index contributed by atoms with van der Waals surface area (Å²) in [7, 11) is 0. The van der Waals surface area contributed by atoms with Crippen LogP contribution in [0.4, 0.5) is 5.69 Å². The molecule has 1 rings (SSSR count). The molecule has 17 heavy (non-hydrogen) atoms. The van der Waals surface area contributed by atoms with Gasteiger partial charge in [-0.15, -0.1) is 11.8 Å². The summed E-state index contributed by atoms with van der Waals surface area (Å²) in [5, 5.41) is 11.5. The van der Waals surface area contributed by atoms with E-state index in [0.29, 0.717) is 5.75 Å². The number of rotatable bonds is 5. The van der Waals surface area contributed by atoms with E-state index in [0.717, 1.165) is 16.8 Å². The molecule has 0 aliphatic carbocycles. The maximum atomic E-state index is 11.9. The van der Waals surface area contributed by atoms with Crippen molar-refractivity contribution in [2.75, 3.05) is 17.7 Å². The fourth-order valence-electron chi connectivity index (χ4n) is 1.41. The summed E-state index contributed by atoms with van der Waals surface area (Å²) in [5.41, 5.74) is 3.05. The molecule has 1 atom stereocenters. The summed E-state index contributed by atoms with van der Waals surface area (Å²) in [5.74, 6) is 0.568. The largest absolute Gasteiger partial charge is 0.396 e. The fourth-order valence-corrected chi connectivity index (χ4v) is 2.08. The zero-order valence-corrected chi connectivity index (χ0v) is 11.3. The molecule has 1 aromatic rings. The van der Waals surface area contributed by atoms with Crippen LogP contribution in [0, 0.1) is 13.8 Å². The Morgan fingerprint density at radius 2 is 2.18 bits per heavy atom. The third-order valence-electron chi connectivity index (χ3n) is 2.48. The van der Waals surface area contributed by atoms with Crippen LogP contribution in [0.2, 0.25) is 0 Å². The first-order chi connectivity index (χ1) is 8.04. The Morgan fingerprint density at radius 3 is 2.82 bits per heavy atom. The molecule has 1 amide bonds. The van der Waals surface area contributed by atoms with Crippen LogP contribution in [0.1, 0.15) is 18.1 Å². The van der Waals surface area contributed by atoms with Crippen molar-refractivity contribution in [1.29, 1.82) is 0 Å². The molecule has 0 bridgehead atoms. The van der Waals surface area contributed by atoms with Crippen molar-refractivity contribution in [2.24, 2.45) is 0 Å². The molecule has 0 aromatic heterocycles. The van der Waals surface area contributed by atoms with E-state index < -0.39 is 0 Å². The van der Waals surface area contributed by atoms with Gasteiger partial charge in [-0.25, -0.2) is 0 Å². The number of carbonyl (C=O) groups is 1. The molecule has 0 fully saturated rings. The molecule has 0 spiro atoms. The first-order valence-electron chi connectivity index (χ1n) is 5.65. The number of hydrogen-bond donors (Lipinski definition) is 2. The zero-order valence-electron chi connectivity index (χ0n) is 10.5. The van der Waals surface area contributed by atoms with Gasteiger partial charge in [0, 0.05) is 11.4 Å². The summed E-state index contributed by atoms with van der Waals surface area (Å²) in [6, 6.07) is 5.99. The van der Waals surface area contributed by atoms with Crippen molar-refractivity contribution in [3.05, 3.63) is 29.3 Å². The SMILES string of the molecule is Cc1ccc(C)c(NC(=O)[C@H](C)SCCO)c1. The van der Waals surface area contributed by atoms with Gasteiger partial charge in [-0.05, 0) is 38.0 Å². The van der Waals surface area contributed by atoms with Gasteiger partial charge < -0.3 is 10.4 Å². The number of nitrogens with one attached hydrogen (secondary N) is 1. The quantitative estimate of drug-likeness (QED) is 0.847. The Balaban J connectivity index is 2.64. The molecular weight excluding hydrogens is 234 g/mol. The van der Waals surface area contributed by atoms with Crippen molar-refractivity contribution in [1.82, 2.24) is 0 Å². The van der Waals surface area contributed by atoms with Crippen LogP contribution in [0.15, 0.2) is 18.2 Å². The van der Waals surface area contributed by atoms with Crippen LogP contribution < -0.4 is 5.32 Å². The predicted octanol–water partition coefficient (Wildman–Crippen LogP) is 2.36. The van der Waals surface area contributed by atoms with Gasteiger partial charge in [0.05, 0.1) is 11.9 Å². The van der Waals surface area contributed by atoms with Crippen molar-refractivity contribution < 1.29 is 9.90 Å². The highest BCUT2D eigenvalue weighted by Crippen LogP contribution is 2.18. The molecule has 0 radical (unpaired) electrons. The number of benzene rings is 1. The average Bonchev–Trinajstić information content (AvgIpc) is 2.30. The lowest BCUT2D eigenvalue weighted by Crippen LogP contribution is -2.23. The normalized spacial score (nSPS) is 12.2. The van der Waals surface area contributed by atoms with Crippen LogP contribution in [0.3, 0.4) is 0 Å². The van der Waals surface area contributed by atoms with Crippen molar-refractivity contribution >= 4 is 23.4 Å². The summed E-state index contributed by atoms with van der Waals surface area (Å²) in [6.45, 7) is 5.92. The van der Waals surface area contributed by atoms with Gasteiger partial charge in [0.2, 0.25) is 5.91 Å². The van der Waals surface area contributed by atoms with E-state index in [1.807, 2.05) is 39.0 Å². The molecule has 0 saturated carbocycles. The van der Waals surface area contributed by atoms with E-state index in [4.69, 9.17) is 5.11 Å². The van der Waals surface area contributed by atoms with E-state index in [1.54, 1.807) is 0 Å². The first-order valence-corrected chi connectivity index (χ1v) is 6.70. The number of aryl methyl sites for hydroxylation is 2. The molecule has 0 aliphatic rings. The van der Waals surface area contributed by atoms with Crippen LogP contribution in [-0.4, -0.2) is 28.6 Å². The van der Waals surface area contributed by atoms with Gasteiger partial charge >= 0.3 is 0 Å². The third-order valence-corrected chi connectivity index (χ3v) is 3.61. The zero-order chi connectivity index (χ0) is 12.8. The number of thioether (sulfide) groups is 1. The Hall–Kier alpha value is -1.00. The minimum atomic E-state index is -0.151. The standard InChI is InChI=1S/C13H19NO2S/c1-9-4-5-10(2)12(8-9)14-13(16)11(3)17-7-6-15/h4-5,8,11,15H,6-7H2,1-3H3,(H,14,16)/t11-/m0/s1. The highest BCUT2D eigenvalue weighted by molar-refractivity contribution is 8.00. The van der Waals surface area contributed by atoms with Gasteiger partial charge in [-0.3, -0.25) is 4.79 Å². The minimum absolute atomic E-state index is 0.0165. The van der Waals surface area contributed by atoms with Gasteiger partial charge in [-0.2, -0.15) is 0 Å². The average molecular weight is 253 g/mol. The second-order valence-electron chi connectivity index (χ2n) is 4.04. The molecular formula is C13H19NO2S. The van der Waals surface area contributed by atoms with Crippen molar-refractivity contribution in [3.63, 3.8) is 0 Å². The summed E-state index contributed by atoms with van der Waals surface area (Å²) >= 11 is 1.45.